The number of ether oxygens (including phenoxy) is 1. The number of aromatic nitrogens is 2. The van der Waals surface area contributed by atoms with Crippen LogP contribution in [0.3, 0.4) is 0 Å². The molecule has 0 aliphatic rings. The Morgan fingerprint density at radius 2 is 1.80 bits per heavy atom. The van der Waals surface area contributed by atoms with Crippen molar-refractivity contribution < 1.29 is 4.74 Å². The molecule has 3 aromatic rings. The van der Waals surface area contributed by atoms with Crippen molar-refractivity contribution in [1.82, 2.24) is 9.97 Å². The van der Waals surface area contributed by atoms with E-state index in [1.807, 2.05) is 12.1 Å². The summed E-state index contributed by atoms with van der Waals surface area (Å²) in [6.45, 7) is 6.65. The van der Waals surface area contributed by atoms with Gasteiger partial charge in [-0.25, -0.2) is 4.98 Å². The maximum Gasteiger partial charge on any atom is 0.146 e. The van der Waals surface area contributed by atoms with Crippen LogP contribution in [0.15, 0.2) is 36.4 Å². The molecule has 2 aromatic carbocycles. The summed E-state index contributed by atoms with van der Waals surface area (Å²) in [5.74, 6) is 1.80. The summed E-state index contributed by atoms with van der Waals surface area (Å²) in [7, 11) is 0. The third-order valence-electron chi connectivity index (χ3n) is 3.45. The number of imidazole rings is 1. The smallest absolute Gasteiger partial charge is 0.146 e. The molecule has 0 amide bonds. The molecule has 0 spiro atoms. The van der Waals surface area contributed by atoms with Gasteiger partial charge in [-0.05, 0) is 49.6 Å². The van der Waals surface area contributed by atoms with E-state index in [4.69, 9.17) is 4.74 Å². The van der Waals surface area contributed by atoms with Crippen molar-refractivity contribution >= 4 is 11.0 Å². The molecule has 3 heteroatoms. The molecule has 0 bridgehead atoms. The first-order valence-electron chi connectivity index (χ1n) is 6.78. The minimum absolute atomic E-state index is 0.458. The summed E-state index contributed by atoms with van der Waals surface area (Å²) in [5, 5.41) is 0. The maximum absolute atomic E-state index is 5.92. The zero-order valence-corrected chi connectivity index (χ0v) is 12.0. The van der Waals surface area contributed by atoms with Gasteiger partial charge >= 0.3 is 0 Å². The van der Waals surface area contributed by atoms with Gasteiger partial charge < -0.3 is 9.72 Å². The van der Waals surface area contributed by atoms with Crippen molar-refractivity contribution in [3.8, 4) is 5.75 Å². The largest absolute Gasteiger partial charge is 0.485 e. The summed E-state index contributed by atoms with van der Waals surface area (Å²) in [4.78, 5) is 7.86. The summed E-state index contributed by atoms with van der Waals surface area (Å²) in [6.07, 6.45) is 0. The highest BCUT2D eigenvalue weighted by Gasteiger charge is 2.07. The first-order chi connectivity index (χ1) is 9.63. The predicted molar refractivity (Wildman–Crippen MR) is 81.1 cm³/mol. The second-order valence-corrected chi connectivity index (χ2v) is 5.21. The molecular weight excluding hydrogens is 248 g/mol. The highest BCUT2D eigenvalue weighted by molar-refractivity contribution is 5.75. The highest BCUT2D eigenvalue weighted by atomic mass is 16.5. The molecule has 0 aliphatic carbocycles. The van der Waals surface area contributed by atoms with Crippen LogP contribution in [0.4, 0.5) is 0 Å². The monoisotopic (exact) mass is 266 g/mol. The molecule has 20 heavy (non-hydrogen) atoms. The molecule has 1 heterocycles. The van der Waals surface area contributed by atoms with Crippen LogP contribution < -0.4 is 4.74 Å². The minimum atomic E-state index is 0.458. The molecule has 3 rings (SSSR count). The van der Waals surface area contributed by atoms with E-state index in [9.17, 15) is 0 Å². The lowest BCUT2D eigenvalue weighted by Gasteiger charge is -2.10. The van der Waals surface area contributed by atoms with Gasteiger partial charge in [-0.3, -0.25) is 0 Å². The number of fused-ring (bicyclic) bond motifs is 1. The van der Waals surface area contributed by atoms with Crippen molar-refractivity contribution in [3.05, 3.63) is 58.9 Å². The number of hydrogen-bond acceptors (Lipinski definition) is 2. The number of H-pyrrole nitrogens is 1. The van der Waals surface area contributed by atoms with Gasteiger partial charge in [0.25, 0.3) is 0 Å². The average Bonchev–Trinajstić information content (AvgIpc) is 2.80. The minimum Gasteiger partial charge on any atom is -0.485 e. The number of hydrogen-bond donors (Lipinski definition) is 1. The van der Waals surface area contributed by atoms with Crippen LogP contribution in [-0.4, -0.2) is 9.97 Å². The third kappa shape index (κ3) is 2.39. The molecular formula is C17H18N2O. The number of para-hydroxylation sites is 1. The zero-order chi connectivity index (χ0) is 14.1. The molecule has 0 aliphatic heterocycles. The molecule has 0 radical (unpaired) electrons. The number of nitrogens with zero attached hydrogens (tertiary/aromatic N) is 1. The molecule has 0 fully saturated rings. The van der Waals surface area contributed by atoms with Gasteiger partial charge in [-0.2, -0.15) is 0 Å². The molecule has 1 N–H and O–H groups in total. The van der Waals surface area contributed by atoms with E-state index in [1.165, 1.54) is 5.56 Å². The second-order valence-electron chi connectivity index (χ2n) is 5.21. The Morgan fingerprint density at radius 1 is 1.05 bits per heavy atom. The SMILES string of the molecule is Cc1ccc2nc(COc3c(C)cccc3C)[nH]c2c1. The Bertz CT molecular complexity index is 739. The zero-order valence-electron chi connectivity index (χ0n) is 12.0. The lowest BCUT2D eigenvalue weighted by molar-refractivity contribution is 0.293. The number of aryl methyl sites for hydroxylation is 3. The Kier molecular flexibility index (Phi) is 3.18. The van der Waals surface area contributed by atoms with E-state index < -0.39 is 0 Å². The summed E-state index contributed by atoms with van der Waals surface area (Å²) in [5.41, 5.74) is 5.57. The van der Waals surface area contributed by atoms with E-state index >= 15 is 0 Å². The van der Waals surface area contributed by atoms with Gasteiger partial charge in [0.05, 0.1) is 11.0 Å². The molecule has 0 unspecified atom stereocenters. The lowest BCUT2D eigenvalue weighted by Crippen LogP contribution is -2.00. The van der Waals surface area contributed by atoms with E-state index in [0.717, 1.165) is 33.7 Å². The Balaban J connectivity index is 1.83. The van der Waals surface area contributed by atoms with E-state index in [2.05, 4.69) is 55.0 Å². The van der Waals surface area contributed by atoms with Crippen LogP contribution >= 0.6 is 0 Å². The van der Waals surface area contributed by atoms with Gasteiger partial charge in [-0.1, -0.05) is 24.3 Å². The fourth-order valence-electron chi connectivity index (χ4n) is 2.41. The van der Waals surface area contributed by atoms with Crippen LogP contribution in [0.2, 0.25) is 0 Å². The Labute approximate surface area is 118 Å². The van der Waals surface area contributed by atoms with Crippen LogP contribution in [0.1, 0.15) is 22.5 Å². The second kappa shape index (κ2) is 5.00. The first kappa shape index (κ1) is 12.7. The Hall–Kier alpha value is -2.29. The highest BCUT2D eigenvalue weighted by Crippen LogP contribution is 2.23. The van der Waals surface area contributed by atoms with Crippen molar-refractivity contribution in [2.24, 2.45) is 0 Å². The molecule has 102 valence electrons. The quantitative estimate of drug-likeness (QED) is 0.776. The van der Waals surface area contributed by atoms with Crippen LogP contribution in [0.5, 0.6) is 5.75 Å². The van der Waals surface area contributed by atoms with Crippen molar-refractivity contribution in [1.29, 1.82) is 0 Å². The van der Waals surface area contributed by atoms with Crippen molar-refractivity contribution in [2.75, 3.05) is 0 Å². The number of nitrogens with one attached hydrogen (secondary N) is 1. The van der Waals surface area contributed by atoms with Crippen LogP contribution in [0.25, 0.3) is 11.0 Å². The van der Waals surface area contributed by atoms with Crippen LogP contribution in [-0.2, 0) is 6.61 Å². The number of aromatic amines is 1. The van der Waals surface area contributed by atoms with E-state index in [-0.39, 0.29) is 0 Å². The molecule has 0 atom stereocenters. The van der Waals surface area contributed by atoms with E-state index in [1.54, 1.807) is 0 Å². The van der Waals surface area contributed by atoms with Crippen molar-refractivity contribution in [2.45, 2.75) is 27.4 Å². The molecule has 0 saturated carbocycles. The normalized spacial score (nSPS) is 10.9. The Morgan fingerprint density at radius 3 is 2.55 bits per heavy atom. The fraction of sp³-hybridized carbons (Fsp3) is 0.235. The van der Waals surface area contributed by atoms with Gasteiger partial charge in [0.1, 0.15) is 18.2 Å². The maximum atomic E-state index is 5.92. The molecule has 0 saturated heterocycles. The van der Waals surface area contributed by atoms with Crippen LogP contribution in [0, 0.1) is 20.8 Å². The summed E-state index contributed by atoms with van der Waals surface area (Å²) >= 11 is 0. The van der Waals surface area contributed by atoms with Gasteiger partial charge in [-0.15, -0.1) is 0 Å². The summed E-state index contributed by atoms with van der Waals surface area (Å²) in [6, 6.07) is 12.4. The van der Waals surface area contributed by atoms with Gasteiger partial charge in [0.15, 0.2) is 0 Å². The first-order valence-corrected chi connectivity index (χ1v) is 6.78. The number of rotatable bonds is 3. The van der Waals surface area contributed by atoms with Gasteiger partial charge in [0, 0.05) is 0 Å². The molecule has 1 aromatic heterocycles. The average molecular weight is 266 g/mol. The topological polar surface area (TPSA) is 37.9 Å². The summed E-state index contributed by atoms with van der Waals surface area (Å²) < 4.78 is 5.92. The van der Waals surface area contributed by atoms with Gasteiger partial charge in [0.2, 0.25) is 0 Å². The van der Waals surface area contributed by atoms with Crippen molar-refractivity contribution in [3.63, 3.8) is 0 Å². The van der Waals surface area contributed by atoms with E-state index in [0.29, 0.717) is 6.61 Å². The predicted octanol–water partition coefficient (Wildman–Crippen LogP) is 4.07. The third-order valence-corrected chi connectivity index (χ3v) is 3.45. The lowest BCUT2D eigenvalue weighted by atomic mass is 10.1. The molecule has 3 nitrogen and oxygen atoms in total. The standard InChI is InChI=1S/C17H18N2O/c1-11-7-8-14-15(9-11)19-16(18-14)10-20-17-12(2)5-4-6-13(17)3/h4-9H,10H2,1-3H3,(H,18,19). The number of benzene rings is 2. The fourth-order valence-corrected chi connectivity index (χ4v) is 2.41.